The van der Waals surface area contributed by atoms with Gasteiger partial charge in [-0.1, -0.05) is 10.4 Å². The number of nitrogens with zero attached hydrogens (tertiary/aromatic N) is 7. The number of rotatable bonds is 11. The van der Waals surface area contributed by atoms with Crippen LogP contribution in [0.1, 0.15) is 66.8 Å². The van der Waals surface area contributed by atoms with E-state index < -0.39 is 81.4 Å². The highest BCUT2D eigenvalue weighted by Gasteiger charge is 2.54. The van der Waals surface area contributed by atoms with Crippen LogP contribution in [0.4, 0.5) is 14.7 Å². The zero-order valence-electron chi connectivity index (χ0n) is 29.2. The molecule has 7 N–H and O–H groups in total. The maximum absolute atomic E-state index is 13.3. The lowest BCUT2D eigenvalue weighted by molar-refractivity contribution is -0.161. The molecule has 2 aromatic heterocycles. The van der Waals surface area contributed by atoms with Crippen LogP contribution in [0, 0.1) is 0 Å². The van der Waals surface area contributed by atoms with Crippen molar-refractivity contribution in [3.63, 3.8) is 0 Å². The molecule has 1 unspecified atom stereocenters. The highest BCUT2D eigenvalue weighted by atomic mass is 32.2. The van der Waals surface area contributed by atoms with Gasteiger partial charge in [-0.2, -0.15) is 8.42 Å². The Labute approximate surface area is 300 Å². The molecule has 3 heterocycles. The van der Waals surface area contributed by atoms with Crippen LogP contribution in [0.15, 0.2) is 21.7 Å². The van der Waals surface area contributed by atoms with Gasteiger partial charge in [-0.25, -0.2) is 33.3 Å². The molecule has 0 aromatic carbocycles. The Balaban J connectivity index is 1.84. The fraction of sp³-hybridized carbons (Fsp3) is 0.556. The largest absolute Gasteiger partial charge is 0.478 e. The molecule has 1 aliphatic rings. The summed E-state index contributed by atoms with van der Waals surface area (Å²) in [4.78, 5) is 75.6. The Morgan fingerprint density at radius 1 is 1.04 bits per heavy atom. The normalized spacial score (nSPS) is 16.7. The van der Waals surface area contributed by atoms with Gasteiger partial charge in [0.05, 0.1) is 25.3 Å². The molecule has 0 aliphatic carbocycles. The van der Waals surface area contributed by atoms with E-state index in [4.69, 9.17) is 20.0 Å². The fourth-order valence-corrected chi connectivity index (χ4v) is 5.33. The third-order valence-electron chi connectivity index (χ3n) is 6.16. The van der Waals surface area contributed by atoms with Crippen LogP contribution in [0.5, 0.6) is 0 Å². The number of thiazole rings is 1. The van der Waals surface area contributed by atoms with Crippen molar-refractivity contribution in [1.29, 1.82) is 0 Å². The number of aromatic nitrogens is 4. The summed E-state index contributed by atoms with van der Waals surface area (Å²) < 4.78 is 45.5. The standard InChI is InChI=1S/C27H39N11O12S2/c1-25(2,3)48-23(43)32-22(33-24(44)49-26(4,5)6)29-9-13-10-37(36-34-13)11-15-17(19(40)38(15)52(45,46)47)31-18(39)16(14-12-51-21(28)30-14)35-50-27(7,8)20(41)42/h10,12,15,17H,9,11H2,1-8H3,(H2,28,30)(H,31,39)(H,41,42)(H,45,46,47)(H2,29,32,33,43,44)/b35-16-/t15-,17?/m1/s1. The minimum Gasteiger partial charge on any atom is -0.478 e. The maximum atomic E-state index is 13.3. The number of carboxylic acids is 1. The summed E-state index contributed by atoms with van der Waals surface area (Å²) >= 11 is 0.917. The molecule has 1 fully saturated rings. The molecule has 2 aromatic rings. The van der Waals surface area contributed by atoms with Gasteiger partial charge in [-0.05, 0) is 55.4 Å². The van der Waals surface area contributed by atoms with E-state index in [-0.39, 0.29) is 33.3 Å². The van der Waals surface area contributed by atoms with Gasteiger partial charge in [0.1, 0.15) is 28.6 Å². The molecule has 2 atom stereocenters. The predicted molar refractivity (Wildman–Crippen MR) is 180 cm³/mol. The van der Waals surface area contributed by atoms with E-state index >= 15 is 0 Å². The summed E-state index contributed by atoms with van der Waals surface area (Å²) in [6.45, 7) is 11.3. The SMILES string of the molecule is CC(C)(C)OC(=O)NC(=NCc1cn(C[C@@H]2C(NC(=O)/C(=N\OC(C)(C)C(=O)O)c3csc(N)n3)C(=O)N2S(=O)(=O)O)nn1)NC(=O)OC(C)(C)C. The summed E-state index contributed by atoms with van der Waals surface area (Å²) in [7, 11) is -5.13. The number of guanidine groups is 1. The van der Waals surface area contributed by atoms with Gasteiger partial charge in [0.15, 0.2) is 10.8 Å². The number of amides is 4. The van der Waals surface area contributed by atoms with Crippen LogP contribution in [-0.2, 0) is 52.1 Å². The first-order valence-electron chi connectivity index (χ1n) is 15.0. The summed E-state index contributed by atoms with van der Waals surface area (Å²) in [6.07, 6.45) is -0.608. The number of β-lactam (4-membered cyclic amide) rings is 1. The lowest BCUT2D eigenvalue weighted by Crippen LogP contribution is -2.73. The number of nitrogen functional groups attached to an aromatic ring is 1. The Bertz CT molecular complexity index is 1840. The number of nitrogens with one attached hydrogen (secondary N) is 3. The summed E-state index contributed by atoms with van der Waals surface area (Å²) in [5.41, 5.74) is 1.40. The molecule has 4 amide bonds. The number of carbonyl (C=O) groups excluding carboxylic acids is 4. The molecule has 1 saturated heterocycles. The van der Waals surface area contributed by atoms with Crippen molar-refractivity contribution < 1.29 is 56.4 Å². The van der Waals surface area contributed by atoms with E-state index in [1.54, 1.807) is 41.5 Å². The first kappa shape index (κ1) is 41.0. The third-order valence-corrected chi connectivity index (χ3v) is 7.78. The van der Waals surface area contributed by atoms with Crippen LogP contribution in [0.3, 0.4) is 0 Å². The van der Waals surface area contributed by atoms with E-state index in [2.05, 4.69) is 41.4 Å². The van der Waals surface area contributed by atoms with Crippen LogP contribution >= 0.6 is 11.3 Å². The molecule has 0 bridgehead atoms. The molecule has 23 nitrogen and oxygen atoms in total. The molecule has 286 valence electrons. The number of aliphatic imine (C=N–C) groups is 1. The van der Waals surface area contributed by atoms with Crippen molar-refractivity contribution in [1.82, 2.24) is 40.2 Å². The fourth-order valence-electron chi connectivity index (χ4n) is 3.91. The molecular weight excluding hydrogens is 734 g/mol. The predicted octanol–water partition coefficient (Wildman–Crippen LogP) is 0.00470. The first-order valence-corrected chi connectivity index (χ1v) is 17.3. The van der Waals surface area contributed by atoms with Gasteiger partial charge in [0, 0.05) is 5.38 Å². The second-order valence-corrected chi connectivity index (χ2v) is 15.6. The Kier molecular flexibility index (Phi) is 12.2. The van der Waals surface area contributed by atoms with E-state index in [9.17, 15) is 42.0 Å². The van der Waals surface area contributed by atoms with E-state index in [0.29, 0.717) is 0 Å². The van der Waals surface area contributed by atoms with E-state index in [0.717, 1.165) is 29.9 Å². The quantitative estimate of drug-likeness (QED) is 0.0576. The summed E-state index contributed by atoms with van der Waals surface area (Å²) in [5, 5.41) is 29.0. The number of carboxylic acid groups (broad SMARTS) is 1. The van der Waals surface area contributed by atoms with Crippen molar-refractivity contribution >= 4 is 68.4 Å². The monoisotopic (exact) mass is 773 g/mol. The number of ether oxygens (including phenoxy) is 2. The molecular formula is C27H39N11O12S2. The topological polar surface area (TPSA) is 321 Å². The average molecular weight is 774 g/mol. The minimum absolute atomic E-state index is 0.0165. The second-order valence-electron chi connectivity index (χ2n) is 13.4. The smallest absolute Gasteiger partial charge is 0.414 e. The number of hydrogen-bond acceptors (Lipinski definition) is 17. The van der Waals surface area contributed by atoms with Crippen LogP contribution in [0.25, 0.3) is 0 Å². The lowest BCUT2D eigenvalue weighted by Gasteiger charge is -2.43. The van der Waals surface area contributed by atoms with E-state index in [1.165, 1.54) is 11.6 Å². The average Bonchev–Trinajstić information content (AvgIpc) is 3.60. The van der Waals surface area contributed by atoms with Gasteiger partial charge in [0.25, 0.3) is 11.8 Å². The molecule has 0 radical (unpaired) electrons. The third kappa shape index (κ3) is 11.6. The van der Waals surface area contributed by atoms with Gasteiger partial charge in [-0.15, -0.1) is 16.4 Å². The van der Waals surface area contributed by atoms with Crippen molar-refractivity contribution in [2.24, 2.45) is 10.1 Å². The summed E-state index contributed by atoms with van der Waals surface area (Å²) in [6, 6.07) is -3.04. The molecule has 52 heavy (non-hydrogen) atoms. The van der Waals surface area contributed by atoms with Gasteiger partial charge in [-0.3, -0.25) is 24.8 Å². The number of anilines is 1. The van der Waals surface area contributed by atoms with Crippen molar-refractivity contribution in [3.8, 4) is 0 Å². The zero-order chi connectivity index (χ0) is 39.4. The Morgan fingerprint density at radius 2 is 1.62 bits per heavy atom. The Hall–Kier alpha value is -5.43. The number of nitrogens with two attached hydrogens (primary N) is 1. The van der Waals surface area contributed by atoms with Gasteiger partial charge < -0.3 is 30.5 Å². The minimum atomic E-state index is -5.13. The van der Waals surface area contributed by atoms with Crippen LogP contribution < -0.4 is 21.7 Å². The molecule has 0 saturated carbocycles. The molecule has 25 heteroatoms. The number of hydrogen-bond donors (Lipinski definition) is 6. The number of carbonyl (C=O) groups is 5. The zero-order valence-corrected chi connectivity index (χ0v) is 30.9. The van der Waals surface area contributed by atoms with Crippen LogP contribution in [-0.4, -0.2) is 113 Å². The van der Waals surface area contributed by atoms with Crippen LogP contribution in [0.2, 0.25) is 0 Å². The first-order chi connectivity index (χ1) is 23.8. The highest BCUT2D eigenvalue weighted by Crippen LogP contribution is 2.26. The van der Waals surface area contributed by atoms with Gasteiger partial charge in [0.2, 0.25) is 11.6 Å². The molecule has 0 spiro atoms. The van der Waals surface area contributed by atoms with Crippen molar-refractivity contribution in [3.05, 3.63) is 23.0 Å². The number of alkyl carbamates (subject to hydrolysis) is 2. The highest BCUT2D eigenvalue weighted by molar-refractivity contribution is 7.84. The van der Waals surface area contributed by atoms with E-state index in [1.807, 2.05) is 0 Å². The summed E-state index contributed by atoms with van der Waals surface area (Å²) in [5.74, 6) is -4.13. The second kappa shape index (κ2) is 15.4. The van der Waals surface area contributed by atoms with Crippen molar-refractivity contribution in [2.45, 2.75) is 97.4 Å². The van der Waals surface area contributed by atoms with Gasteiger partial charge >= 0.3 is 28.5 Å². The Morgan fingerprint density at radius 3 is 2.10 bits per heavy atom. The van der Waals surface area contributed by atoms with Crippen molar-refractivity contribution in [2.75, 3.05) is 5.73 Å². The number of oxime groups is 1. The molecule has 3 rings (SSSR count). The maximum Gasteiger partial charge on any atom is 0.414 e. The number of aliphatic carboxylic acids is 1. The lowest BCUT2D eigenvalue weighted by atomic mass is 9.98. The molecule has 1 aliphatic heterocycles.